The molecule has 1 fully saturated rings. The van der Waals surface area contributed by atoms with Crippen molar-refractivity contribution < 1.29 is 58.6 Å². The average molecular weight is 360 g/mol. The third kappa shape index (κ3) is 3.40. The van der Waals surface area contributed by atoms with E-state index >= 15 is 0 Å². The van der Waals surface area contributed by atoms with E-state index in [0.29, 0.717) is 5.76 Å². The van der Waals surface area contributed by atoms with Crippen LogP contribution in [0.3, 0.4) is 0 Å². The number of aliphatic hydroxyl groups is 1. The summed E-state index contributed by atoms with van der Waals surface area (Å²) in [5.41, 5.74) is -0.0576. The summed E-state index contributed by atoms with van der Waals surface area (Å²) in [6, 6.07) is 2.51. The van der Waals surface area contributed by atoms with Gasteiger partial charge in [-0.1, -0.05) is 0 Å². The van der Waals surface area contributed by atoms with Crippen LogP contribution in [0.25, 0.3) is 0 Å². The van der Waals surface area contributed by atoms with E-state index in [2.05, 4.69) is 5.32 Å². The zero-order valence-electron chi connectivity index (χ0n) is 12.9. The number of furan rings is 1. The van der Waals surface area contributed by atoms with Gasteiger partial charge in [0.25, 0.3) is 5.91 Å². The van der Waals surface area contributed by atoms with E-state index in [9.17, 15) is 24.6 Å². The number of carbonyl (C=O) groups is 3. The molecule has 10 heteroatoms. The van der Waals surface area contributed by atoms with E-state index in [0.717, 1.165) is 4.90 Å². The molecule has 2 amide bonds. The van der Waals surface area contributed by atoms with Gasteiger partial charge in [0, 0.05) is 5.75 Å². The van der Waals surface area contributed by atoms with Crippen LogP contribution in [0.4, 0.5) is 0 Å². The topological polar surface area (TPSA) is 123 Å². The summed E-state index contributed by atoms with van der Waals surface area (Å²) in [5, 5.41) is 22.5. The maximum Gasteiger partial charge on any atom is 1.00 e. The number of carboxylic acid groups (broad SMARTS) is 1. The van der Waals surface area contributed by atoms with E-state index in [4.69, 9.17) is 4.42 Å². The van der Waals surface area contributed by atoms with Crippen molar-refractivity contribution >= 4 is 29.5 Å². The van der Waals surface area contributed by atoms with Gasteiger partial charge in [-0.05, 0) is 17.7 Å². The number of carbonyl (C=O) groups excluding carboxylic acids is 3. The minimum absolute atomic E-state index is 0. The van der Waals surface area contributed by atoms with E-state index in [1.165, 1.54) is 18.0 Å². The van der Waals surface area contributed by atoms with Gasteiger partial charge in [0.15, 0.2) is 0 Å². The number of carboxylic acids is 1. The largest absolute Gasteiger partial charge is 1.00 e. The van der Waals surface area contributed by atoms with Crippen LogP contribution in [0.2, 0.25) is 0 Å². The Kier molecular flexibility index (Phi) is 6.16. The van der Waals surface area contributed by atoms with Crippen LogP contribution < -0.4 is 40.0 Å². The molecule has 2 aliphatic rings. The van der Waals surface area contributed by atoms with E-state index in [-0.39, 0.29) is 58.9 Å². The van der Waals surface area contributed by atoms with Crippen LogP contribution in [0.15, 0.2) is 34.1 Å². The Morgan fingerprint density at radius 3 is 2.83 bits per heavy atom. The van der Waals surface area contributed by atoms with Gasteiger partial charge in [0.1, 0.15) is 17.2 Å². The van der Waals surface area contributed by atoms with Crippen LogP contribution in [-0.4, -0.2) is 51.6 Å². The fourth-order valence-electron chi connectivity index (χ4n) is 2.59. The van der Waals surface area contributed by atoms with Crippen LogP contribution in [0, 0.1) is 0 Å². The summed E-state index contributed by atoms with van der Waals surface area (Å²) < 4.78 is 5.07. The third-order valence-corrected chi connectivity index (χ3v) is 5.00. The quantitative estimate of drug-likeness (QED) is 0.399. The van der Waals surface area contributed by atoms with Gasteiger partial charge in [-0.15, -0.1) is 11.8 Å². The normalized spacial score (nSPS) is 22.4. The molecule has 2 aliphatic heterocycles. The summed E-state index contributed by atoms with van der Waals surface area (Å²) >= 11 is 1.29. The first-order valence-electron chi connectivity index (χ1n) is 6.83. The van der Waals surface area contributed by atoms with Gasteiger partial charge in [-0.2, -0.15) is 0 Å². The molecule has 0 spiro atoms. The maximum absolute atomic E-state index is 12.2. The zero-order chi connectivity index (χ0) is 16.6. The fourth-order valence-corrected chi connectivity index (χ4v) is 3.92. The first kappa shape index (κ1) is 19.1. The molecule has 0 bridgehead atoms. The zero-order valence-corrected chi connectivity index (χ0v) is 15.7. The molecular weight excluding hydrogens is 347 g/mol. The Bertz CT molecular complexity index is 689. The van der Waals surface area contributed by atoms with Crippen molar-refractivity contribution in [3.05, 3.63) is 35.4 Å². The number of hydrogen-bond acceptors (Lipinski definition) is 7. The summed E-state index contributed by atoms with van der Waals surface area (Å²) in [4.78, 5) is 36.4. The molecule has 0 aromatic carbocycles. The Morgan fingerprint density at radius 1 is 1.50 bits per heavy atom. The number of amides is 2. The molecule has 1 saturated heterocycles. The van der Waals surface area contributed by atoms with Gasteiger partial charge in [0.05, 0.1) is 31.0 Å². The number of aliphatic hydroxyl groups excluding tert-OH is 1. The second kappa shape index (κ2) is 7.75. The Balaban J connectivity index is 0.00000208. The van der Waals surface area contributed by atoms with E-state index in [1.807, 2.05) is 0 Å². The smallest absolute Gasteiger partial charge is 0.543 e. The molecule has 0 radical (unpaired) electrons. The number of nitrogens with zero attached hydrogens (tertiary/aromatic N) is 1. The van der Waals surface area contributed by atoms with Crippen molar-refractivity contribution in [1.29, 1.82) is 0 Å². The van der Waals surface area contributed by atoms with Crippen molar-refractivity contribution in [2.75, 3.05) is 12.4 Å². The van der Waals surface area contributed by atoms with Gasteiger partial charge in [-0.3, -0.25) is 14.5 Å². The molecule has 24 heavy (non-hydrogen) atoms. The predicted molar refractivity (Wildman–Crippen MR) is 76.6 cm³/mol. The Labute approximate surface area is 163 Å². The second-order valence-electron chi connectivity index (χ2n) is 5.11. The molecule has 0 aliphatic carbocycles. The standard InChI is InChI=1S/C14H14N2O6S.Na/c17-5-7-6-23-13-10(12(19)16(13)11(7)14(20)21)15-9(18)4-8-2-1-3-22-8;/h1-3,10,13,17H,4-6H2,(H,15,18)(H,20,21);/q;+1/p-1/t10-,13+;/m0./s1. The number of fused-ring (bicyclic) bond motifs is 1. The summed E-state index contributed by atoms with van der Waals surface area (Å²) in [7, 11) is 0. The van der Waals surface area contributed by atoms with Gasteiger partial charge < -0.3 is 24.7 Å². The third-order valence-electron chi connectivity index (χ3n) is 3.66. The minimum Gasteiger partial charge on any atom is -0.543 e. The number of nitrogens with one attached hydrogen (secondary N) is 1. The van der Waals surface area contributed by atoms with Crippen LogP contribution >= 0.6 is 11.8 Å². The molecule has 0 unspecified atom stereocenters. The summed E-state index contributed by atoms with van der Waals surface area (Å²) in [6.07, 6.45) is 1.45. The SMILES string of the molecule is O=C(Cc1ccco1)N[C@H]1C(=O)N2C(C(=O)[O-])=C(CO)CS[C@H]12.[Na+]. The molecule has 0 saturated carbocycles. The first-order chi connectivity index (χ1) is 11.0. The van der Waals surface area contributed by atoms with Crippen molar-refractivity contribution in [1.82, 2.24) is 10.2 Å². The predicted octanol–water partition coefficient (Wildman–Crippen LogP) is -4.78. The molecule has 1 aromatic heterocycles. The maximum atomic E-state index is 12.2. The van der Waals surface area contributed by atoms with Crippen LogP contribution in [-0.2, 0) is 20.8 Å². The van der Waals surface area contributed by atoms with Gasteiger partial charge >= 0.3 is 29.6 Å². The number of aliphatic carboxylic acids is 1. The molecule has 3 heterocycles. The molecule has 1 aromatic rings. The second-order valence-corrected chi connectivity index (χ2v) is 6.21. The molecule has 8 nitrogen and oxygen atoms in total. The Morgan fingerprint density at radius 2 is 2.25 bits per heavy atom. The van der Waals surface area contributed by atoms with Gasteiger partial charge in [-0.25, -0.2) is 0 Å². The fraction of sp³-hybridized carbons (Fsp3) is 0.357. The van der Waals surface area contributed by atoms with Crippen LogP contribution in [0.5, 0.6) is 0 Å². The summed E-state index contributed by atoms with van der Waals surface area (Å²) in [6.45, 7) is -0.456. The monoisotopic (exact) mass is 360 g/mol. The van der Waals surface area contributed by atoms with Crippen molar-refractivity contribution in [3.63, 3.8) is 0 Å². The molecule has 2 N–H and O–H groups in total. The van der Waals surface area contributed by atoms with Crippen molar-refractivity contribution in [2.24, 2.45) is 0 Å². The number of hydrogen-bond donors (Lipinski definition) is 2. The molecular formula is C14H13N2NaO6S. The van der Waals surface area contributed by atoms with Gasteiger partial charge in [0.2, 0.25) is 5.91 Å². The van der Waals surface area contributed by atoms with Crippen molar-refractivity contribution in [3.8, 4) is 0 Å². The van der Waals surface area contributed by atoms with Crippen molar-refractivity contribution in [2.45, 2.75) is 17.8 Å². The minimum atomic E-state index is -1.51. The number of β-lactam (4-membered cyclic amide) rings is 1. The van der Waals surface area contributed by atoms with E-state index in [1.54, 1.807) is 12.1 Å². The first-order valence-corrected chi connectivity index (χ1v) is 7.88. The van der Waals surface area contributed by atoms with E-state index < -0.39 is 29.9 Å². The molecule has 122 valence electrons. The Hall–Kier alpha value is -1.26. The van der Waals surface area contributed by atoms with Crippen LogP contribution in [0.1, 0.15) is 5.76 Å². The number of rotatable bonds is 5. The molecule has 3 rings (SSSR count). The summed E-state index contributed by atoms with van der Waals surface area (Å²) in [5.74, 6) is -1.68. The molecule has 2 atom stereocenters. The number of thioether (sulfide) groups is 1. The average Bonchev–Trinajstić information content (AvgIpc) is 3.03.